The Balaban J connectivity index is 1.52. The van der Waals surface area contributed by atoms with Crippen LogP contribution < -0.4 is 9.62 Å². The van der Waals surface area contributed by atoms with Crippen molar-refractivity contribution in [1.82, 2.24) is 4.72 Å². The van der Waals surface area contributed by atoms with Crippen molar-refractivity contribution >= 4 is 39.3 Å². The summed E-state index contributed by atoms with van der Waals surface area (Å²) >= 11 is 1.65. The fourth-order valence-corrected chi connectivity index (χ4v) is 4.71. The Hall–Kier alpha value is -2.16. The van der Waals surface area contributed by atoms with E-state index in [0.29, 0.717) is 18.0 Å². The molecule has 1 aliphatic heterocycles. The summed E-state index contributed by atoms with van der Waals surface area (Å²) in [6.45, 7) is 0.324. The number of carbonyl (C=O) groups is 2. The summed E-state index contributed by atoms with van der Waals surface area (Å²) in [7, 11) is -3.62. The molecular weight excluding hydrogens is 384 g/mol. The van der Waals surface area contributed by atoms with E-state index in [9.17, 15) is 18.0 Å². The highest BCUT2D eigenvalue weighted by Gasteiger charge is 2.30. The first-order valence-electron chi connectivity index (χ1n) is 8.54. The highest BCUT2D eigenvalue weighted by Crippen LogP contribution is 2.24. The zero-order valence-corrected chi connectivity index (χ0v) is 16.3. The van der Waals surface area contributed by atoms with Crippen molar-refractivity contribution in [3.05, 3.63) is 60.2 Å². The van der Waals surface area contributed by atoms with E-state index in [1.165, 1.54) is 29.8 Å². The second kappa shape index (κ2) is 8.69. The van der Waals surface area contributed by atoms with Crippen molar-refractivity contribution in [2.75, 3.05) is 17.2 Å². The topological polar surface area (TPSA) is 83.6 Å². The smallest absolute Gasteiger partial charge is 0.240 e. The fourth-order valence-electron chi connectivity index (χ4n) is 2.73. The maximum atomic E-state index is 12.4. The summed E-state index contributed by atoms with van der Waals surface area (Å²) in [6, 6.07) is 15.8. The van der Waals surface area contributed by atoms with Gasteiger partial charge in [0.25, 0.3) is 0 Å². The average molecular weight is 405 g/mol. The minimum absolute atomic E-state index is 0.110. The molecule has 0 aromatic heterocycles. The molecule has 1 fully saturated rings. The molecule has 1 saturated heterocycles. The third-order valence-corrected chi connectivity index (χ3v) is 6.61. The number of nitrogens with one attached hydrogen (secondary N) is 1. The maximum absolute atomic E-state index is 12.4. The van der Waals surface area contributed by atoms with E-state index in [1.54, 1.807) is 11.8 Å². The van der Waals surface area contributed by atoms with Crippen LogP contribution in [0.15, 0.2) is 59.5 Å². The molecule has 2 amide bonds. The normalized spacial score (nSPS) is 14.7. The number of imide groups is 1. The molecule has 6 nitrogen and oxygen atoms in total. The van der Waals surface area contributed by atoms with Crippen LogP contribution in [0.2, 0.25) is 0 Å². The molecule has 1 N–H and O–H groups in total. The molecule has 0 saturated carbocycles. The number of benzene rings is 2. The molecule has 27 heavy (non-hydrogen) atoms. The predicted octanol–water partition coefficient (Wildman–Crippen LogP) is 2.55. The highest BCUT2D eigenvalue weighted by molar-refractivity contribution is 7.98. The quantitative estimate of drug-likeness (QED) is 0.540. The van der Waals surface area contributed by atoms with Gasteiger partial charge in [0, 0.05) is 30.9 Å². The SMILES string of the molecule is O=C1CCC(=O)N1c1ccc(S(=O)(=O)NCCSCc2ccccc2)cc1. The number of anilines is 1. The van der Waals surface area contributed by atoms with E-state index in [-0.39, 0.29) is 29.6 Å². The first kappa shape index (κ1) is 19.6. The van der Waals surface area contributed by atoms with Crippen LogP contribution in [-0.2, 0) is 25.4 Å². The van der Waals surface area contributed by atoms with Crippen LogP contribution >= 0.6 is 11.8 Å². The second-order valence-electron chi connectivity index (χ2n) is 6.05. The number of hydrogen-bond acceptors (Lipinski definition) is 5. The highest BCUT2D eigenvalue weighted by atomic mass is 32.2. The van der Waals surface area contributed by atoms with Gasteiger partial charge in [0.05, 0.1) is 10.6 Å². The maximum Gasteiger partial charge on any atom is 0.240 e. The number of thioether (sulfide) groups is 1. The molecule has 2 aromatic rings. The Labute approximate surface area is 163 Å². The lowest BCUT2D eigenvalue weighted by atomic mass is 10.2. The van der Waals surface area contributed by atoms with Gasteiger partial charge in [-0.2, -0.15) is 11.8 Å². The second-order valence-corrected chi connectivity index (χ2v) is 8.92. The molecule has 8 heteroatoms. The van der Waals surface area contributed by atoms with Crippen molar-refractivity contribution in [3.63, 3.8) is 0 Å². The first-order chi connectivity index (χ1) is 13.0. The summed E-state index contributed by atoms with van der Waals surface area (Å²) in [5, 5.41) is 0. The Morgan fingerprint density at radius 2 is 1.56 bits per heavy atom. The van der Waals surface area contributed by atoms with Crippen molar-refractivity contribution in [1.29, 1.82) is 0 Å². The van der Waals surface area contributed by atoms with Crippen LogP contribution in [0.5, 0.6) is 0 Å². The van der Waals surface area contributed by atoms with Gasteiger partial charge >= 0.3 is 0 Å². The predicted molar refractivity (Wildman–Crippen MR) is 106 cm³/mol. The van der Waals surface area contributed by atoms with Crippen molar-refractivity contribution in [2.45, 2.75) is 23.5 Å². The molecule has 0 unspecified atom stereocenters. The van der Waals surface area contributed by atoms with Crippen molar-refractivity contribution < 1.29 is 18.0 Å². The molecule has 0 radical (unpaired) electrons. The van der Waals surface area contributed by atoms with Gasteiger partial charge in [-0.3, -0.25) is 14.5 Å². The lowest BCUT2D eigenvalue weighted by Crippen LogP contribution is -2.29. The molecule has 2 aromatic carbocycles. The van der Waals surface area contributed by atoms with Gasteiger partial charge in [0.15, 0.2) is 0 Å². The molecule has 0 spiro atoms. The van der Waals surface area contributed by atoms with Crippen molar-refractivity contribution in [2.24, 2.45) is 0 Å². The standard InChI is InChI=1S/C19H20N2O4S2/c22-18-10-11-19(23)21(18)16-6-8-17(9-7-16)27(24,25)20-12-13-26-14-15-4-2-1-3-5-15/h1-9,20H,10-14H2. The molecule has 1 aliphatic rings. The monoisotopic (exact) mass is 404 g/mol. The Morgan fingerprint density at radius 1 is 0.926 bits per heavy atom. The van der Waals surface area contributed by atoms with Gasteiger partial charge in [-0.1, -0.05) is 30.3 Å². The Bertz CT molecular complexity index is 896. The average Bonchev–Trinajstić information content (AvgIpc) is 3.01. The van der Waals surface area contributed by atoms with Gasteiger partial charge in [0.2, 0.25) is 21.8 Å². The van der Waals surface area contributed by atoms with E-state index in [4.69, 9.17) is 0 Å². The lowest BCUT2D eigenvalue weighted by Gasteiger charge is -2.14. The number of rotatable bonds is 8. The Morgan fingerprint density at radius 3 is 2.19 bits per heavy atom. The van der Waals surface area contributed by atoms with Crippen LogP contribution in [0, 0.1) is 0 Å². The third kappa shape index (κ3) is 4.97. The summed E-state index contributed by atoms with van der Waals surface area (Å²) in [6.07, 6.45) is 0.391. The van der Waals surface area contributed by atoms with E-state index in [1.807, 2.05) is 30.3 Å². The Kier molecular flexibility index (Phi) is 6.30. The summed E-state index contributed by atoms with van der Waals surface area (Å²) < 4.78 is 27.3. The lowest BCUT2D eigenvalue weighted by molar-refractivity contribution is -0.121. The third-order valence-electron chi connectivity index (χ3n) is 4.11. The van der Waals surface area contributed by atoms with Crippen molar-refractivity contribution in [3.8, 4) is 0 Å². The first-order valence-corrected chi connectivity index (χ1v) is 11.2. The number of carbonyl (C=O) groups excluding carboxylic acids is 2. The fraction of sp³-hybridized carbons (Fsp3) is 0.263. The molecular formula is C19H20N2O4S2. The number of sulfonamides is 1. The minimum Gasteiger partial charge on any atom is -0.274 e. The van der Waals surface area contributed by atoms with Gasteiger partial charge < -0.3 is 0 Å². The molecule has 0 bridgehead atoms. The number of amides is 2. The summed E-state index contributed by atoms with van der Waals surface area (Å²) in [5.41, 5.74) is 1.60. The summed E-state index contributed by atoms with van der Waals surface area (Å²) in [4.78, 5) is 24.7. The minimum atomic E-state index is -3.62. The van der Waals surface area contributed by atoms with Crippen LogP contribution in [0.25, 0.3) is 0 Å². The van der Waals surface area contributed by atoms with E-state index in [2.05, 4.69) is 4.72 Å². The zero-order valence-electron chi connectivity index (χ0n) is 14.6. The largest absolute Gasteiger partial charge is 0.274 e. The van der Waals surface area contributed by atoms with E-state index in [0.717, 1.165) is 10.7 Å². The van der Waals surface area contributed by atoms with Crippen LogP contribution in [0.4, 0.5) is 5.69 Å². The number of hydrogen-bond donors (Lipinski definition) is 1. The van der Waals surface area contributed by atoms with Crippen LogP contribution in [-0.4, -0.2) is 32.5 Å². The van der Waals surface area contributed by atoms with E-state index >= 15 is 0 Å². The molecule has 1 heterocycles. The van der Waals surface area contributed by atoms with E-state index < -0.39 is 10.0 Å². The molecule has 0 aliphatic carbocycles. The zero-order chi connectivity index (χ0) is 19.3. The molecule has 142 valence electrons. The molecule has 3 rings (SSSR count). The van der Waals surface area contributed by atoms with Gasteiger partial charge in [-0.05, 0) is 29.8 Å². The van der Waals surface area contributed by atoms with Gasteiger partial charge in [0.1, 0.15) is 0 Å². The van der Waals surface area contributed by atoms with Crippen LogP contribution in [0.1, 0.15) is 18.4 Å². The van der Waals surface area contributed by atoms with Gasteiger partial charge in [-0.25, -0.2) is 13.1 Å². The molecule has 0 atom stereocenters. The van der Waals surface area contributed by atoms with Gasteiger partial charge in [-0.15, -0.1) is 0 Å². The number of nitrogens with zero attached hydrogens (tertiary/aromatic N) is 1. The van der Waals surface area contributed by atoms with Crippen LogP contribution in [0.3, 0.4) is 0 Å². The summed E-state index contributed by atoms with van der Waals surface area (Å²) in [5.74, 6) is 0.964.